The molecule has 0 aliphatic carbocycles. The van der Waals surface area contributed by atoms with E-state index in [4.69, 9.17) is 11.0 Å². The van der Waals surface area contributed by atoms with E-state index in [1.54, 1.807) is 0 Å². The van der Waals surface area contributed by atoms with E-state index in [1.807, 2.05) is 4.90 Å². The molecule has 4 heteroatoms. The van der Waals surface area contributed by atoms with Crippen LogP contribution in [0.3, 0.4) is 0 Å². The van der Waals surface area contributed by atoms with E-state index in [-0.39, 0.29) is 11.8 Å². The molecule has 1 aliphatic rings. The second kappa shape index (κ2) is 4.07. The minimum atomic E-state index is -0.238. The molecule has 0 unspecified atom stereocenters. The first kappa shape index (κ1) is 9.01. The Balaban J connectivity index is 2.41. The molecule has 1 aliphatic heterocycles. The van der Waals surface area contributed by atoms with Crippen LogP contribution in [0, 0.1) is 17.2 Å². The van der Waals surface area contributed by atoms with Crippen molar-refractivity contribution >= 4 is 5.91 Å². The van der Waals surface area contributed by atoms with Crippen molar-refractivity contribution in [1.29, 1.82) is 5.26 Å². The molecule has 0 spiro atoms. The normalized spacial score (nSPS) is 24.8. The van der Waals surface area contributed by atoms with Gasteiger partial charge in [0.2, 0.25) is 5.91 Å². The lowest BCUT2D eigenvalue weighted by atomic mass is 9.98. The summed E-state index contributed by atoms with van der Waals surface area (Å²) in [5.41, 5.74) is 5.18. The third-order valence-electron chi connectivity index (χ3n) is 2.20. The molecule has 0 aromatic rings. The van der Waals surface area contributed by atoms with Gasteiger partial charge in [0, 0.05) is 6.54 Å². The molecule has 0 bridgehead atoms. The number of rotatable bonds is 2. The molecular formula is C8H13N3O. The van der Waals surface area contributed by atoms with Gasteiger partial charge < -0.3 is 5.73 Å². The lowest BCUT2D eigenvalue weighted by Gasteiger charge is -2.28. The molecule has 0 radical (unpaired) electrons. The third-order valence-corrected chi connectivity index (χ3v) is 2.20. The van der Waals surface area contributed by atoms with Crippen molar-refractivity contribution in [2.24, 2.45) is 11.7 Å². The molecule has 0 saturated carbocycles. The molecule has 1 amide bonds. The lowest BCUT2D eigenvalue weighted by molar-refractivity contribution is -0.123. The highest BCUT2D eigenvalue weighted by Gasteiger charge is 2.23. The summed E-state index contributed by atoms with van der Waals surface area (Å²) in [6, 6.07) is 2.07. The Morgan fingerprint density at radius 3 is 3.08 bits per heavy atom. The van der Waals surface area contributed by atoms with Gasteiger partial charge in [0.25, 0.3) is 0 Å². The van der Waals surface area contributed by atoms with Gasteiger partial charge in [0.05, 0.1) is 18.5 Å². The van der Waals surface area contributed by atoms with Crippen LogP contribution in [0.2, 0.25) is 0 Å². The number of carbonyl (C=O) groups excluding carboxylic acids is 1. The zero-order chi connectivity index (χ0) is 8.97. The van der Waals surface area contributed by atoms with Crippen molar-refractivity contribution < 1.29 is 4.79 Å². The van der Waals surface area contributed by atoms with Crippen molar-refractivity contribution in [3.8, 4) is 6.07 Å². The largest absolute Gasteiger partial charge is 0.369 e. The van der Waals surface area contributed by atoms with Crippen LogP contribution in [0.5, 0.6) is 0 Å². The van der Waals surface area contributed by atoms with Crippen LogP contribution in [0.1, 0.15) is 12.8 Å². The monoisotopic (exact) mass is 167 g/mol. The molecule has 1 saturated heterocycles. The number of hydrogen-bond donors (Lipinski definition) is 1. The predicted molar refractivity (Wildman–Crippen MR) is 44.0 cm³/mol. The Labute approximate surface area is 71.9 Å². The highest BCUT2D eigenvalue weighted by atomic mass is 16.1. The maximum Gasteiger partial charge on any atom is 0.221 e. The fraction of sp³-hybridized carbons (Fsp3) is 0.750. The van der Waals surface area contributed by atoms with Crippen molar-refractivity contribution in [2.75, 3.05) is 19.6 Å². The number of amides is 1. The van der Waals surface area contributed by atoms with Crippen LogP contribution in [0.25, 0.3) is 0 Å². The fourth-order valence-electron chi connectivity index (χ4n) is 1.53. The lowest BCUT2D eigenvalue weighted by Crippen LogP contribution is -2.41. The number of likely N-dealkylation sites (tertiary alicyclic amines) is 1. The molecule has 2 N–H and O–H groups in total. The number of piperidine rings is 1. The van der Waals surface area contributed by atoms with Crippen LogP contribution < -0.4 is 5.73 Å². The quantitative estimate of drug-likeness (QED) is 0.574. The number of nitrogens with two attached hydrogens (primary N) is 1. The van der Waals surface area contributed by atoms with Gasteiger partial charge in [-0.15, -0.1) is 0 Å². The molecule has 1 atom stereocenters. The van der Waals surface area contributed by atoms with Gasteiger partial charge >= 0.3 is 0 Å². The highest BCUT2D eigenvalue weighted by Crippen LogP contribution is 2.14. The van der Waals surface area contributed by atoms with Gasteiger partial charge in [-0.1, -0.05) is 0 Å². The number of nitriles is 1. The van der Waals surface area contributed by atoms with Crippen molar-refractivity contribution in [1.82, 2.24) is 4.90 Å². The van der Waals surface area contributed by atoms with Gasteiger partial charge in [-0.25, -0.2) is 0 Å². The molecule has 0 aromatic heterocycles. The molecule has 1 rings (SSSR count). The second-order valence-electron chi connectivity index (χ2n) is 3.13. The number of primary amides is 1. The Kier molecular flexibility index (Phi) is 3.06. The molecule has 12 heavy (non-hydrogen) atoms. The van der Waals surface area contributed by atoms with E-state index in [1.165, 1.54) is 0 Å². The number of carbonyl (C=O) groups is 1. The van der Waals surface area contributed by atoms with Crippen LogP contribution in [0.4, 0.5) is 0 Å². The topological polar surface area (TPSA) is 70.1 Å². The highest BCUT2D eigenvalue weighted by molar-refractivity contribution is 5.76. The summed E-state index contributed by atoms with van der Waals surface area (Å²) < 4.78 is 0. The van der Waals surface area contributed by atoms with E-state index in [9.17, 15) is 4.79 Å². The molecular weight excluding hydrogens is 154 g/mol. The van der Waals surface area contributed by atoms with E-state index in [0.29, 0.717) is 13.1 Å². The van der Waals surface area contributed by atoms with Gasteiger partial charge in [-0.3, -0.25) is 9.69 Å². The minimum Gasteiger partial charge on any atom is -0.369 e. The summed E-state index contributed by atoms with van der Waals surface area (Å²) in [4.78, 5) is 12.8. The Bertz CT molecular complexity index is 209. The average molecular weight is 167 g/mol. The minimum absolute atomic E-state index is 0.0490. The fourth-order valence-corrected chi connectivity index (χ4v) is 1.53. The van der Waals surface area contributed by atoms with Gasteiger partial charge in [-0.05, 0) is 19.4 Å². The maximum atomic E-state index is 10.8. The van der Waals surface area contributed by atoms with Crippen LogP contribution in [-0.4, -0.2) is 30.4 Å². The summed E-state index contributed by atoms with van der Waals surface area (Å²) in [7, 11) is 0. The van der Waals surface area contributed by atoms with E-state index in [2.05, 4.69) is 6.07 Å². The van der Waals surface area contributed by atoms with Gasteiger partial charge in [0.15, 0.2) is 0 Å². The standard InChI is InChI=1S/C8H13N3O/c9-3-5-11-4-1-2-7(6-11)8(10)12/h7H,1-2,4-6H2,(H2,10,12)/t7-/m0/s1. The summed E-state index contributed by atoms with van der Waals surface area (Å²) in [5.74, 6) is -0.287. The molecule has 0 aromatic carbocycles. The molecule has 4 nitrogen and oxygen atoms in total. The van der Waals surface area contributed by atoms with E-state index in [0.717, 1.165) is 19.4 Å². The average Bonchev–Trinajstić information content (AvgIpc) is 2.05. The smallest absolute Gasteiger partial charge is 0.221 e. The van der Waals surface area contributed by atoms with Gasteiger partial charge in [0.1, 0.15) is 0 Å². The predicted octanol–water partition coefficient (Wildman–Crippen LogP) is -0.293. The Morgan fingerprint density at radius 1 is 1.75 bits per heavy atom. The van der Waals surface area contributed by atoms with E-state index >= 15 is 0 Å². The molecule has 1 fully saturated rings. The third kappa shape index (κ3) is 2.21. The summed E-state index contributed by atoms with van der Waals surface area (Å²) in [5, 5.41) is 8.44. The zero-order valence-corrected chi connectivity index (χ0v) is 6.99. The summed E-state index contributed by atoms with van der Waals surface area (Å²) in [6.45, 7) is 1.98. The number of hydrogen-bond acceptors (Lipinski definition) is 3. The zero-order valence-electron chi connectivity index (χ0n) is 6.99. The summed E-state index contributed by atoms with van der Waals surface area (Å²) >= 11 is 0. The van der Waals surface area contributed by atoms with Crippen LogP contribution in [-0.2, 0) is 4.79 Å². The Hall–Kier alpha value is -1.08. The Morgan fingerprint density at radius 2 is 2.50 bits per heavy atom. The van der Waals surface area contributed by atoms with Crippen LogP contribution in [0.15, 0.2) is 0 Å². The first-order chi connectivity index (χ1) is 5.74. The first-order valence-electron chi connectivity index (χ1n) is 4.12. The maximum absolute atomic E-state index is 10.8. The summed E-state index contributed by atoms with van der Waals surface area (Å²) in [6.07, 6.45) is 1.84. The number of nitrogens with zero attached hydrogens (tertiary/aromatic N) is 2. The van der Waals surface area contributed by atoms with Crippen molar-refractivity contribution in [3.05, 3.63) is 0 Å². The first-order valence-corrected chi connectivity index (χ1v) is 4.12. The molecule has 1 heterocycles. The van der Waals surface area contributed by atoms with E-state index < -0.39 is 0 Å². The molecule has 66 valence electrons. The van der Waals surface area contributed by atoms with Crippen LogP contribution >= 0.6 is 0 Å². The van der Waals surface area contributed by atoms with Gasteiger partial charge in [-0.2, -0.15) is 5.26 Å². The van der Waals surface area contributed by atoms with Crippen molar-refractivity contribution in [2.45, 2.75) is 12.8 Å². The van der Waals surface area contributed by atoms with Crippen molar-refractivity contribution in [3.63, 3.8) is 0 Å². The second-order valence-corrected chi connectivity index (χ2v) is 3.13. The SMILES string of the molecule is N#CCN1CCC[C@H](C(N)=O)C1.